The Morgan fingerprint density at radius 3 is 1.67 bits per heavy atom. The van der Waals surface area contributed by atoms with Gasteiger partial charge in [-0.1, -0.05) is 41.5 Å². The molecule has 4 heteroatoms. The molecule has 0 aliphatic heterocycles. The van der Waals surface area contributed by atoms with Gasteiger partial charge in [-0.3, -0.25) is 0 Å². The van der Waals surface area contributed by atoms with Crippen molar-refractivity contribution in [1.29, 1.82) is 0 Å². The fourth-order valence-electron chi connectivity index (χ4n) is 1.84. The van der Waals surface area contributed by atoms with E-state index in [9.17, 15) is 0 Å². The molecular formula is C17H32O3Ti. The summed E-state index contributed by atoms with van der Waals surface area (Å²) in [6, 6.07) is 4.08. The van der Waals surface area contributed by atoms with Crippen molar-refractivity contribution in [2.45, 2.75) is 60.3 Å². The molecule has 21 heavy (non-hydrogen) atoms. The molecule has 0 aliphatic rings. The first-order valence-corrected chi connectivity index (χ1v) is 6.89. The summed E-state index contributed by atoms with van der Waals surface area (Å²) in [4.78, 5) is 0. The summed E-state index contributed by atoms with van der Waals surface area (Å²) >= 11 is 0. The molecule has 4 N–H and O–H groups in total. The van der Waals surface area contributed by atoms with E-state index >= 15 is 0 Å². The van der Waals surface area contributed by atoms with E-state index in [2.05, 4.69) is 60.5 Å². The topological polar surface area (TPSA) is 76.1 Å². The van der Waals surface area contributed by atoms with Gasteiger partial charge in [-0.2, -0.15) is 23.7 Å². The second kappa shape index (κ2) is 10.6. The molecule has 0 aliphatic carbocycles. The van der Waals surface area contributed by atoms with Crippen molar-refractivity contribution in [3.63, 3.8) is 0 Å². The fourth-order valence-corrected chi connectivity index (χ4v) is 1.84. The SMILES string of the molecule is CC(C)(C)[CH-]CC(C[CH-]C(C)(C)C)c1ccco1.O.O.[Ti+2]. The van der Waals surface area contributed by atoms with E-state index in [1.807, 2.05) is 6.07 Å². The maximum absolute atomic E-state index is 5.59. The van der Waals surface area contributed by atoms with Gasteiger partial charge in [-0.25, -0.2) is 0 Å². The second-order valence-corrected chi connectivity index (χ2v) is 7.32. The van der Waals surface area contributed by atoms with Crippen molar-refractivity contribution in [3.8, 4) is 0 Å². The number of hydrogen-bond acceptors (Lipinski definition) is 1. The summed E-state index contributed by atoms with van der Waals surface area (Å²) in [7, 11) is 0. The van der Waals surface area contributed by atoms with E-state index in [0.717, 1.165) is 18.6 Å². The molecule has 0 atom stereocenters. The van der Waals surface area contributed by atoms with E-state index in [1.54, 1.807) is 6.26 Å². The molecule has 122 valence electrons. The predicted molar refractivity (Wildman–Crippen MR) is 85.4 cm³/mol. The summed E-state index contributed by atoms with van der Waals surface area (Å²) in [6.45, 7) is 13.5. The Kier molecular flexibility index (Phi) is 13.1. The average Bonchev–Trinajstić information content (AvgIpc) is 2.67. The molecule has 0 aromatic carbocycles. The van der Waals surface area contributed by atoms with Crippen LogP contribution < -0.4 is 0 Å². The Labute approximate surface area is 145 Å². The Bertz CT molecular complexity index is 316. The fraction of sp³-hybridized carbons (Fsp3) is 0.647. The number of furan rings is 1. The van der Waals surface area contributed by atoms with Gasteiger partial charge in [0.1, 0.15) is 5.76 Å². The third-order valence-electron chi connectivity index (χ3n) is 2.98. The van der Waals surface area contributed by atoms with Gasteiger partial charge in [-0.05, 0) is 18.1 Å². The van der Waals surface area contributed by atoms with Crippen molar-refractivity contribution in [2.24, 2.45) is 10.8 Å². The molecule has 1 rings (SSSR count). The van der Waals surface area contributed by atoms with Crippen LogP contribution in [0.2, 0.25) is 0 Å². The molecule has 0 spiro atoms. The van der Waals surface area contributed by atoms with Crippen molar-refractivity contribution < 1.29 is 37.1 Å². The van der Waals surface area contributed by atoms with Gasteiger partial charge < -0.3 is 28.2 Å². The van der Waals surface area contributed by atoms with Crippen LogP contribution >= 0.6 is 0 Å². The van der Waals surface area contributed by atoms with Crippen LogP contribution in [0.1, 0.15) is 66.1 Å². The molecule has 0 unspecified atom stereocenters. The Morgan fingerprint density at radius 1 is 0.952 bits per heavy atom. The molecule has 1 aromatic heterocycles. The average molecular weight is 332 g/mol. The van der Waals surface area contributed by atoms with Crippen molar-refractivity contribution >= 4 is 0 Å². The molecule has 1 aromatic rings. The first kappa shape index (κ1) is 25.8. The molecule has 0 bridgehead atoms. The molecule has 3 nitrogen and oxygen atoms in total. The molecule has 0 saturated carbocycles. The minimum absolute atomic E-state index is 0. The number of rotatable bonds is 5. The van der Waals surface area contributed by atoms with Crippen LogP contribution in [0.25, 0.3) is 0 Å². The van der Waals surface area contributed by atoms with Crippen LogP contribution in [0.5, 0.6) is 0 Å². The third kappa shape index (κ3) is 12.2. The standard InChI is InChI=1S/C17H28O.2H2O.Ti/c1-16(2,3)11-9-14(10-12-17(4,5)6)15-8-7-13-18-15;;;/h7-8,11-14H,9-10H2,1-6H3;2*1H2;/q-2;;;+2. The minimum Gasteiger partial charge on any atom is -0.469 e. The van der Waals surface area contributed by atoms with Crippen LogP contribution in [-0.2, 0) is 21.7 Å². The van der Waals surface area contributed by atoms with Gasteiger partial charge in [0.05, 0.1) is 6.26 Å². The summed E-state index contributed by atoms with van der Waals surface area (Å²) in [5.41, 5.74) is 0.541. The maximum atomic E-state index is 5.59. The largest absolute Gasteiger partial charge is 2.00 e. The molecule has 1 heterocycles. The van der Waals surface area contributed by atoms with Gasteiger partial charge in [0.2, 0.25) is 0 Å². The summed E-state index contributed by atoms with van der Waals surface area (Å²) in [5.74, 6) is 1.58. The molecule has 0 radical (unpaired) electrons. The van der Waals surface area contributed by atoms with E-state index < -0.39 is 0 Å². The molecule has 0 amide bonds. The van der Waals surface area contributed by atoms with Gasteiger partial charge in [0, 0.05) is 0 Å². The molecule has 0 fully saturated rings. The van der Waals surface area contributed by atoms with Crippen molar-refractivity contribution in [2.75, 3.05) is 0 Å². The normalized spacial score (nSPS) is 11.4. The first-order chi connectivity index (χ1) is 8.17. The maximum Gasteiger partial charge on any atom is 2.00 e. The Morgan fingerprint density at radius 2 is 1.38 bits per heavy atom. The van der Waals surface area contributed by atoms with Crippen LogP contribution in [-0.4, -0.2) is 11.0 Å². The molecular weight excluding hydrogens is 300 g/mol. The quantitative estimate of drug-likeness (QED) is 0.593. The van der Waals surface area contributed by atoms with E-state index in [0.29, 0.717) is 5.92 Å². The van der Waals surface area contributed by atoms with Crippen LogP contribution in [0.3, 0.4) is 0 Å². The van der Waals surface area contributed by atoms with Crippen LogP contribution in [0, 0.1) is 23.7 Å². The Hall–Kier alpha value is -0.0857. The third-order valence-corrected chi connectivity index (χ3v) is 2.98. The second-order valence-electron chi connectivity index (χ2n) is 7.32. The van der Waals surface area contributed by atoms with Crippen LogP contribution in [0.15, 0.2) is 22.8 Å². The summed E-state index contributed by atoms with van der Waals surface area (Å²) in [5, 5.41) is 0. The van der Waals surface area contributed by atoms with Gasteiger partial charge >= 0.3 is 21.7 Å². The van der Waals surface area contributed by atoms with Crippen molar-refractivity contribution in [1.82, 2.24) is 0 Å². The Balaban J connectivity index is -0.00000108. The summed E-state index contributed by atoms with van der Waals surface area (Å²) in [6.07, 6.45) is 8.72. The zero-order valence-electron chi connectivity index (χ0n) is 14.3. The zero-order valence-corrected chi connectivity index (χ0v) is 15.8. The smallest absolute Gasteiger partial charge is 0.469 e. The first-order valence-electron chi connectivity index (χ1n) is 6.89. The van der Waals surface area contributed by atoms with Crippen LogP contribution in [0.4, 0.5) is 0 Å². The zero-order chi connectivity index (χ0) is 13.8. The predicted octanol–water partition coefficient (Wildman–Crippen LogP) is 3.99. The molecule has 0 saturated heterocycles. The van der Waals surface area contributed by atoms with Gasteiger partial charge in [0.25, 0.3) is 0 Å². The van der Waals surface area contributed by atoms with E-state index in [4.69, 9.17) is 4.42 Å². The monoisotopic (exact) mass is 332 g/mol. The summed E-state index contributed by atoms with van der Waals surface area (Å²) < 4.78 is 5.59. The van der Waals surface area contributed by atoms with Gasteiger partial charge in [-0.15, -0.1) is 0 Å². The number of hydrogen-bond donors (Lipinski definition) is 0. The minimum atomic E-state index is 0. The van der Waals surface area contributed by atoms with E-state index in [-0.39, 0.29) is 43.5 Å². The van der Waals surface area contributed by atoms with Crippen molar-refractivity contribution in [3.05, 3.63) is 37.0 Å². The van der Waals surface area contributed by atoms with E-state index in [1.165, 1.54) is 0 Å². The van der Waals surface area contributed by atoms with Gasteiger partial charge in [0.15, 0.2) is 0 Å².